The Morgan fingerprint density at radius 1 is 0.447 bits per heavy atom. The van der Waals surface area contributed by atoms with Gasteiger partial charge in [0.1, 0.15) is 61.5 Å². The number of alkyl carbamates (subject to hydrolysis) is 1. The highest BCUT2D eigenvalue weighted by atomic mass is 32.1. The van der Waals surface area contributed by atoms with Crippen LogP contribution in [0.2, 0.25) is 0 Å². The van der Waals surface area contributed by atoms with Crippen LogP contribution in [0.15, 0.2) is 4.99 Å². The van der Waals surface area contributed by atoms with Gasteiger partial charge in [-0.05, 0) is 43.9 Å². The zero-order valence-electron chi connectivity index (χ0n) is 73.6. The molecule has 0 aliphatic heterocycles. The van der Waals surface area contributed by atoms with Gasteiger partial charge in [-0.25, -0.2) is 14.2 Å². The van der Waals surface area contributed by atoms with E-state index in [0.717, 1.165) is 51.4 Å². The van der Waals surface area contributed by atoms with E-state index in [-0.39, 0.29) is 95.5 Å². The number of aliphatic imine (C=N–C) groups is 1. The van der Waals surface area contributed by atoms with Crippen LogP contribution in [0, 0.1) is 11.8 Å². The Morgan fingerprint density at radius 3 is 1.36 bits per heavy atom. The molecule has 38 nitrogen and oxygen atoms in total. The largest absolute Gasteiger partial charge is 0.481 e. The second-order valence-corrected chi connectivity index (χ2v) is 33.5. The Labute approximate surface area is 737 Å². The number of guanidine groups is 1. The number of thiol groups is 2. The van der Waals surface area contributed by atoms with Gasteiger partial charge in [-0.1, -0.05) is 228 Å². The number of aliphatic hydroxyl groups is 1. The Kier molecular flexibility index (Phi) is 68.0. The number of nitrogens with zero attached hydrogens (tertiary/aromatic N) is 1. The number of carboxylic acid groups (broad SMARTS) is 2. The number of ether oxygens (including phenoxy) is 4. The molecule has 123 heavy (non-hydrogen) atoms. The van der Waals surface area contributed by atoms with Crippen molar-refractivity contribution in [2.24, 2.45) is 34.0 Å². The van der Waals surface area contributed by atoms with Crippen LogP contribution in [0.3, 0.4) is 0 Å². The fourth-order valence-corrected chi connectivity index (χ4v) is 13.9. The quantitative estimate of drug-likeness (QED) is 0.00584. The van der Waals surface area contributed by atoms with E-state index in [0.29, 0.717) is 12.8 Å². The molecule has 0 aliphatic rings. The fraction of sp³-hybridized carbons (Fsp3) is 0.817. The summed E-state index contributed by atoms with van der Waals surface area (Å²) in [6.07, 6.45) is 30.6. The molecule has 0 saturated carbocycles. The first-order valence-electron chi connectivity index (χ1n) is 44.2. The van der Waals surface area contributed by atoms with E-state index in [1.807, 2.05) is 0 Å². The van der Waals surface area contributed by atoms with Gasteiger partial charge < -0.3 is 104 Å². The normalized spacial score (nSPS) is 14.2. The van der Waals surface area contributed by atoms with Crippen molar-refractivity contribution < 1.29 is 120 Å². The zero-order chi connectivity index (χ0) is 92.2. The number of carbonyl (C=O) groups excluding carboxylic acids is 12. The number of aliphatic carboxylic acids is 2. The Hall–Kier alpha value is -7.62. The van der Waals surface area contributed by atoms with Crippen molar-refractivity contribution in [3.8, 4) is 0 Å². The van der Waals surface area contributed by atoms with E-state index in [9.17, 15) is 91.9 Å². The maximum absolute atomic E-state index is 14.2. The predicted octanol–water partition coefficient (Wildman–Crippen LogP) is 6.54. The van der Waals surface area contributed by atoms with E-state index in [4.69, 9.17) is 45.2 Å². The minimum Gasteiger partial charge on any atom is -0.481 e. The van der Waals surface area contributed by atoms with Gasteiger partial charge in [-0.15, -0.1) is 0 Å². The number of carbonyl (C=O) groups is 14. The van der Waals surface area contributed by atoms with Crippen LogP contribution in [0.25, 0.3) is 0 Å². The molecule has 0 aromatic heterocycles. The molecule has 41 heteroatoms. The Bertz CT molecular complexity index is 3150. The molecule has 0 radical (unpaired) electrons. The molecule has 0 fully saturated rings. The maximum Gasteiger partial charge on any atom is 0.472 e. The number of nitrogens with two attached hydrogens (primary N) is 3. The van der Waals surface area contributed by atoms with Crippen molar-refractivity contribution in [1.82, 2.24) is 47.9 Å². The monoisotopic (exact) mass is 1810 g/mol. The van der Waals surface area contributed by atoms with Crippen LogP contribution < -0.4 is 65.1 Å². The highest BCUT2D eigenvalue weighted by Crippen LogP contribution is 2.43. The lowest BCUT2D eigenvalue weighted by Crippen LogP contribution is -2.61. The standard InChI is InChI=1S/C82H150N13O25PS2/c1-7-10-12-14-16-18-20-22-24-26-28-30-32-34-36-40-70(101)117-53-59(120-71(102)41-37-35-33-31-29-27-25-23-21-19-17-15-13-11-8-2)54-119-121(113,114)118-46-44-87-82(112)116-48-47-115-45-42-68(98)88-65(55-122)78(108)93-64(52-96)77(107)89-60(39-38-43-86-81(84)85)73(103)91-62(50-67(83)97)74(104)90-61(49-57(4)5)76(106)95-72(58(6)9-3)79(109)92-63(51-69(99)100)75(105)94-66(56-123)80(110)111/h57-66,72,96,122-123H,7-56H2,1-6H3,(H2,83,97)(H,87,112)(H,88,98)(H,89,107)(H,90,104)(H,91,103)(H,92,109)(H,93,108)(H,94,105)(H,95,106)(H,99,100)(H,110,111)(H,113,114)(H4,84,85,86)/t58-,59+,60-,61-,62-,63-,64-,65-,66-,72-/m0/s1. The minimum atomic E-state index is -4.82. The molecule has 0 aromatic carbocycles. The van der Waals surface area contributed by atoms with Crippen molar-refractivity contribution in [2.45, 2.75) is 346 Å². The van der Waals surface area contributed by atoms with Gasteiger partial charge >= 0.3 is 37.8 Å². The highest BCUT2D eigenvalue weighted by molar-refractivity contribution is 7.80. The van der Waals surface area contributed by atoms with Gasteiger partial charge in [0.05, 0.1) is 45.9 Å². The van der Waals surface area contributed by atoms with Crippen molar-refractivity contribution >= 4 is 122 Å². The van der Waals surface area contributed by atoms with Gasteiger partial charge in [0.2, 0.25) is 53.2 Å². The number of primary amides is 1. The van der Waals surface area contributed by atoms with Gasteiger partial charge in [0.15, 0.2) is 12.1 Å². The molecule has 19 N–H and O–H groups in total. The number of nitrogens with one attached hydrogen (secondary N) is 9. The summed E-state index contributed by atoms with van der Waals surface area (Å²) in [5.41, 5.74) is 16.5. The third-order valence-corrected chi connectivity index (χ3v) is 21.6. The number of esters is 2. The molecule has 0 rings (SSSR count). The van der Waals surface area contributed by atoms with Gasteiger partial charge in [-0.3, -0.25) is 71.6 Å². The van der Waals surface area contributed by atoms with Crippen LogP contribution in [-0.4, -0.2) is 235 Å². The molecular weight excluding hydrogens is 1660 g/mol. The van der Waals surface area contributed by atoms with E-state index in [1.165, 1.54) is 128 Å². The van der Waals surface area contributed by atoms with E-state index in [1.54, 1.807) is 27.7 Å². The van der Waals surface area contributed by atoms with Crippen LogP contribution in [0.4, 0.5) is 4.79 Å². The second kappa shape index (κ2) is 72.5. The van der Waals surface area contributed by atoms with Crippen molar-refractivity contribution in [3.05, 3.63) is 0 Å². The lowest BCUT2D eigenvalue weighted by Gasteiger charge is -2.29. The molecule has 710 valence electrons. The molecule has 0 bridgehead atoms. The molecular formula is C82H150N13O25PS2. The van der Waals surface area contributed by atoms with E-state index >= 15 is 0 Å². The molecule has 0 heterocycles. The number of phosphoric acid groups is 1. The van der Waals surface area contributed by atoms with Gasteiger partial charge in [-0.2, -0.15) is 25.3 Å². The number of amides is 10. The van der Waals surface area contributed by atoms with Crippen molar-refractivity contribution in [1.29, 1.82) is 0 Å². The highest BCUT2D eigenvalue weighted by Gasteiger charge is 2.38. The van der Waals surface area contributed by atoms with E-state index < -0.39 is 196 Å². The SMILES string of the molecule is CCCCCCCCCCCCCCCCCC(=O)OC[C@H](COP(=O)(O)OCCNC(=O)OCCOCCC(=O)N[C@@H](CS)C(=O)N[C@@H](CO)C(=O)N[C@@H](CCCN=C(N)N)C(=O)N[C@@H](CC(N)=O)C(=O)N[C@@H](CC(C)C)C(=O)N[C@H](C(=O)N[C@@H](CC(=O)O)C(=O)N[C@@H](CS)C(=O)O)[C@@H](C)CC)OC(=O)CCCCCCCCCCCCCCCCC. The fourth-order valence-electron chi connectivity index (χ4n) is 12.6. The Balaban J connectivity index is 5.65. The van der Waals surface area contributed by atoms with Crippen molar-refractivity contribution in [3.63, 3.8) is 0 Å². The van der Waals surface area contributed by atoms with Crippen molar-refractivity contribution in [2.75, 3.05) is 70.8 Å². The first-order valence-corrected chi connectivity index (χ1v) is 46.9. The number of carboxylic acids is 2. The molecule has 0 aromatic rings. The first kappa shape index (κ1) is 115. The minimum absolute atomic E-state index is 0.0276. The lowest BCUT2D eigenvalue weighted by molar-refractivity contribution is -0.161. The molecule has 0 aliphatic carbocycles. The third kappa shape index (κ3) is 61.4. The Morgan fingerprint density at radius 2 is 0.886 bits per heavy atom. The number of unbranched alkanes of at least 4 members (excludes halogenated alkanes) is 28. The van der Waals surface area contributed by atoms with Gasteiger partial charge in [0, 0.05) is 43.9 Å². The third-order valence-electron chi connectivity index (χ3n) is 19.9. The maximum atomic E-state index is 14.2. The predicted molar refractivity (Wildman–Crippen MR) is 469 cm³/mol. The zero-order valence-corrected chi connectivity index (χ0v) is 76.3. The summed E-state index contributed by atoms with van der Waals surface area (Å²) < 4.78 is 44.6. The smallest absolute Gasteiger partial charge is 0.472 e. The average Bonchev–Trinajstić information content (AvgIpc) is 0.845. The number of aliphatic hydroxyl groups excluding tert-OH is 1. The second-order valence-electron chi connectivity index (χ2n) is 31.3. The lowest BCUT2D eigenvalue weighted by atomic mass is 9.96. The van der Waals surface area contributed by atoms with Crippen LogP contribution >= 0.6 is 33.1 Å². The summed E-state index contributed by atoms with van der Waals surface area (Å²) in [7, 11) is -4.82. The molecule has 0 saturated heterocycles. The molecule has 10 amide bonds. The van der Waals surface area contributed by atoms with Crippen LogP contribution in [0.5, 0.6) is 0 Å². The van der Waals surface area contributed by atoms with Crippen LogP contribution in [-0.2, 0) is 94.9 Å². The molecule has 1 unspecified atom stereocenters. The molecule has 0 spiro atoms. The molecule has 11 atom stereocenters. The summed E-state index contributed by atoms with van der Waals surface area (Å²) in [4.78, 5) is 198. The summed E-state index contributed by atoms with van der Waals surface area (Å²) in [5.74, 6) is -15.9. The number of hydrogen-bond acceptors (Lipinski definition) is 25. The summed E-state index contributed by atoms with van der Waals surface area (Å²) >= 11 is 8.03. The van der Waals surface area contributed by atoms with E-state index in [2.05, 4.69) is 91.9 Å². The number of phosphoric ester groups is 1. The topological polar surface area (TPSA) is 591 Å². The average molecular weight is 1810 g/mol. The summed E-state index contributed by atoms with van der Waals surface area (Å²) in [6, 6.07) is -13.2. The van der Waals surface area contributed by atoms with Gasteiger partial charge in [0.25, 0.3) is 0 Å². The summed E-state index contributed by atoms with van der Waals surface area (Å²) in [6.45, 7) is 7.07. The number of rotatable bonds is 79. The first-order chi connectivity index (χ1) is 58.7. The van der Waals surface area contributed by atoms with Crippen LogP contribution in [0.1, 0.15) is 292 Å². The summed E-state index contributed by atoms with van der Waals surface area (Å²) in [5, 5.41) is 50.4. The number of hydrogen-bond donors (Lipinski definition) is 18.